The molecule has 0 heterocycles. The second-order valence-corrected chi connectivity index (χ2v) is 11.1. The molecule has 3 rings (SSSR count). The van der Waals surface area contributed by atoms with Crippen LogP contribution in [-0.2, 0) is 32.2 Å². The van der Waals surface area contributed by atoms with Crippen molar-refractivity contribution < 1.29 is 31.2 Å². The highest BCUT2D eigenvalue weighted by Crippen LogP contribution is 2.33. The minimum Gasteiger partial charge on any atom is -0.357 e. The van der Waals surface area contributed by atoms with E-state index in [0.29, 0.717) is 16.8 Å². The Kier molecular flexibility index (Phi) is 9.97. The number of carbonyl (C=O) groups excluding carboxylic acids is 2. The zero-order valence-electron chi connectivity index (χ0n) is 22.5. The molecule has 0 aliphatic carbocycles. The number of amides is 2. The fourth-order valence-corrected chi connectivity index (χ4v) is 5.67. The van der Waals surface area contributed by atoms with Crippen molar-refractivity contribution in [2.24, 2.45) is 0 Å². The Bertz CT molecular complexity index is 1410. The van der Waals surface area contributed by atoms with Crippen LogP contribution in [0.2, 0.25) is 0 Å². The molecular weight excluding hydrogens is 543 g/mol. The summed E-state index contributed by atoms with van der Waals surface area (Å²) in [5.74, 6) is -1.16. The zero-order valence-corrected chi connectivity index (χ0v) is 23.3. The Labute approximate surface area is 232 Å². The third-order valence-electron chi connectivity index (χ3n) is 6.47. The monoisotopic (exact) mass is 575 g/mol. The molecule has 0 spiro atoms. The van der Waals surface area contributed by atoms with Gasteiger partial charge in [-0.3, -0.25) is 13.9 Å². The van der Waals surface area contributed by atoms with Gasteiger partial charge in [-0.05, 0) is 55.7 Å². The highest BCUT2D eigenvalue weighted by Gasteiger charge is 2.35. The molecule has 0 fully saturated rings. The summed E-state index contributed by atoms with van der Waals surface area (Å²) < 4.78 is 68.8. The number of anilines is 1. The van der Waals surface area contributed by atoms with Gasteiger partial charge in [0.15, 0.2) is 0 Å². The first-order chi connectivity index (χ1) is 18.9. The minimum atomic E-state index is -4.73. The van der Waals surface area contributed by atoms with Crippen LogP contribution in [0.1, 0.15) is 30.0 Å². The lowest BCUT2D eigenvalue weighted by atomic mass is 10.1. The van der Waals surface area contributed by atoms with Gasteiger partial charge in [0.25, 0.3) is 10.0 Å². The largest absolute Gasteiger partial charge is 0.416 e. The number of nitrogens with one attached hydrogen (secondary N) is 1. The first-order valence-electron chi connectivity index (χ1n) is 12.7. The molecule has 0 saturated heterocycles. The van der Waals surface area contributed by atoms with Gasteiger partial charge in [0.05, 0.1) is 16.1 Å². The predicted molar refractivity (Wildman–Crippen MR) is 147 cm³/mol. The van der Waals surface area contributed by atoms with E-state index >= 15 is 0 Å². The summed E-state index contributed by atoms with van der Waals surface area (Å²) in [6, 6.07) is 17.9. The topological polar surface area (TPSA) is 86.8 Å². The van der Waals surface area contributed by atoms with Crippen LogP contribution in [0.5, 0.6) is 0 Å². The fraction of sp³-hybridized carbons (Fsp3) is 0.310. The molecule has 1 atom stereocenters. The van der Waals surface area contributed by atoms with E-state index in [0.717, 1.165) is 23.3 Å². The zero-order chi connectivity index (χ0) is 29.5. The lowest BCUT2D eigenvalue weighted by molar-refractivity contribution is -0.139. The Morgan fingerprint density at radius 1 is 0.950 bits per heavy atom. The van der Waals surface area contributed by atoms with Gasteiger partial charge in [0.2, 0.25) is 11.8 Å². The van der Waals surface area contributed by atoms with E-state index in [4.69, 9.17) is 0 Å². The lowest BCUT2D eigenvalue weighted by Crippen LogP contribution is -2.52. The van der Waals surface area contributed by atoms with Crippen molar-refractivity contribution in [1.29, 1.82) is 0 Å². The van der Waals surface area contributed by atoms with Gasteiger partial charge < -0.3 is 10.2 Å². The summed E-state index contributed by atoms with van der Waals surface area (Å²) in [6.45, 7) is 2.77. The molecule has 3 aromatic rings. The number of likely N-dealkylation sites (N-methyl/N-ethyl adjacent to an activating group) is 1. The maximum Gasteiger partial charge on any atom is 0.416 e. The summed E-state index contributed by atoms with van der Waals surface area (Å²) in [4.78, 5) is 27.6. The SMILES string of the molecule is CC[C@H](C(=O)NC)N(CCc1ccccc1)C(=O)CN(c1cccc(C(F)(F)F)c1)S(=O)(=O)c1ccc(C)cc1. The summed E-state index contributed by atoms with van der Waals surface area (Å²) in [7, 11) is -3.04. The van der Waals surface area contributed by atoms with E-state index in [1.54, 1.807) is 26.0 Å². The summed E-state index contributed by atoms with van der Waals surface area (Å²) in [5, 5.41) is 2.53. The van der Waals surface area contributed by atoms with Crippen LogP contribution >= 0.6 is 0 Å². The molecule has 0 bridgehead atoms. The van der Waals surface area contributed by atoms with Crippen LogP contribution in [0, 0.1) is 6.92 Å². The summed E-state index contributed by atoms with van der Waals surface area (Å²) in [5.41, 5.74) is 0.303. The van der Waals surface area contributed by atoms with Gasteiger partial charge in [-0.2, -0.15) is 13.2 Å². The van der Waals surface area contributed by atoms with Crippen LogP contribution < -0.4 is 9.62 Å². The molecule has 0 saturated carbocycles. The second kappa shape index (κ2) is 13.0. The van der Waals surface area contributed by atoms with Gasteiger partial charge in [0.1, 0.15) is 12.6 Å². The van der Waals surface area contributed by atoms with Crippen LogP contribution in [0.15, 0.2) is 83.8 Å². The number of alkyl halides is 3. The molecule has 214 valence electrons. The van der Waals surface area contributed by atoms with Crippen LogP contribution in [-0.4, -0.2) is 51.3 Å². The lowest BCUT2D eigenvalue weighted by Gasteiger charge is -2.33. The van der Waals surface area contributed by atoms with Crippen molar-refractivity contribution in [1.82, 2.24) is 10.2 Å². The Hall–Kier alpha value is -3.86. The van der Waals surface area contributed by atoms with Crippen LogP contribution in [0.4, 0.5) is 18.9 Å². The third-order valence-corrected chi connectivity index (χ3v) is 8.25. The molecule has 40 heavy (non-hydrogen) atoms. The van der Waals surface area contributed by atoms with E-state index in [9.17, 15) is 31.2 Å². The van der Waals surface area contributed by atoms with Gasteiger partial charge in [-0.15, -0.1) is 0 Å². The number of rotatable bonds is 11. The first kappa shape index (κ1) is 30.7. The quantitative estimate of drug-likeness (QED) is 0.356. The predicted octanol–water partition coefficient (Wildman–Crippen LogP) is 4.81. The normalized spacial score (nSPS) is 12.4. The molecule has 0 aliphatic heterocycles. The van der Waals surface area contributed by atoms with E-state index in [1.165, 1.54) is 30.1 Å². The number of hydrogen-bond donors (Lipinski definition) is 1. The Balaban J connectivity index is 2.07. The number of hydrogen-bond acceptors (Lipinski definition) is 4. The fourth-order valence-electron chi connectivity index (χ4n) is 4.27. The minimum absolute atomic E-state index is 0.0930. The Morgan fingerprint density at radius 3 is 2.17 bits per heavy atom. The highest BCUT2D eigenvalue weighted by molar-refractivity contribution is 7.92. The third kappa shape index (κ3) is 7.41. The number of halogens is 3. The number of sulfonamides is 1. The van der Waals surface area contributed by atoms with E-state index in [2.05, 4.69) is 5.32 Å². The first-order valence-corrected chi connectivity index (χ1v) is 14.1. The summed E-state index contributed by atoms with van der Waals surface area (Å²) in [6.07, 6.45) is -4.10. The highest BCUT2D eigenvalue weighted by atomic mass is 32.2. The molecule has 3 aromatic carbocycles. The van der Waals surface area contributed by atoms with Crippen molar-refractivity contribution in [3.8, 4) is 0 Å². The van der Waals surface area contributed by atoms with Crippen LogP contribution in [0.3, 0.4) is 0 Å². The van der Waals surface area contributed by atoms with Crippen molar-refractivity contribution in [3.63, 3.8) is 0 Å². The van der Waals surface area contributed by atoms with Crippen molar-refractivity contribution in [2.45, 2.75) is 43.8 Å². The second-order valence-electron chi connectivity index (χ2n) is 9.23. The standard InChI is InChI=1S/C29H32F3N3O4S/c1-4-26(28(37)33-3)34(18-17-22-9-6-5-7-10-22)27(36)20-35(24-12-8-11-23(19-24)29(30,31)32)40(38,39)25-15-13-21(2)14-16-25/h5-16,19,26H,4,17-18,20H2,1-3H3,(H,33,37)/t26-/m1/s1. The average molecular weight is 576 g/mol. The van der Waals surface area contributed by atoms with E-state index in [1.807, 2.05) is 30.3 Å². The molecule has 0 radical (unpaired) electrons. The van der Waals surface area contributed by atoms with Gasteiger partial charge in [-0.25, -0.2) is 8.42 Å². The van der Waals surface area contributed by atoms with E-state index < -0.39 is 46.2 Å². The Morgan fingerprint density at radius 2 is 1.60 bits per heavy atom. The molecule has 0 unspecified atom stereocenters. The molecule has 2 amide bonds. The van der Waals surface area contributed by atoms with Gasteiger partial charge in [0, 0.05) is 13.6 Å². The number of benzene rings is 3. The van der Waals surface area contributed by atoms with Crippen molar-refractivity contribution >= 4 is 27.5 Å². The average Bonchev–Trinajstić information content (AvgIpc) is 2.93. The number of aryl methyl sites for hydroxylation is 1. The maximum atomic E-state index is 13.8. The molecule has 11 heteroatoms. The molecule has 1 N–H and O–H groups in total. The molecular formula is C29H32F3N3O4S. The smallest absolute Gasteiger partial charge is 0.357 e. The summed E-state index contributed by atoms with van der Waals surface area (Å²) >= 11 is 0. The van der Waals surface area contributed by atoms with Crippen molar-refractivity contribution in [3.05, 3.63) is 95.6 Å². The maximum absolute atomic E-state index is 13.8. The van der Waals surface area contributed by atoms with E-state index in [-0.39, 0.29) is 23.5 Å². The molecule has 7 nitrogen and oxygen atoms in total. The van der Waals surface area contributed by atoms with Crippen molar-refractivity contribution in [2.75, 3.05) is 24.4 Å². The molecule has 0 aromatic heterocycles. The number of nitrogens with zero attached hydrogens (tertiary/aromatic N) is 2. The molecule has 0 aliphatic rings. The van der Waals surface area contributed by atoms with Gasteiger partial charge >= 0.3 is 6.18 Å². The van der Waals surface area contributed by atoms with Crippen LogP contribution in [0.25, 0.3) is 0 Å². The van der Waals surface area contributed by atoms with Gasteiger partial charge in [-0.1, -0.05) is 61.0 Å². The number of carbonyl (C=O) groups is 2.